The number of halogens is 1. The number of hydrogen-bond acceptors (Lipinski definition) is 5. The van der Waals surface area contributed by atoms with E-state index in [0.29, 0.717) is 26.3 Å². The fraction of sp³-hybridized carbons (Fsp3) is 0.545. The molecule has 1 heterocycles. The van der Waals surface area contributed by atoms with Crippen molar-refractivity contribution < 1.29 is 14.0 Å². The maximum atomic E-state index is 5.77. The van der Waals surface area contributed by atoms with E-state index in [1.807, 2.05) is 18.2 Å². The van der Waals surface area contributed by atoms with E-state index in [1.54, 1.807) is 7.11 Å². The number of hydrogen-bond donors (Lipinski definition) is 2. The van der Waals surface area contributed by atoms with Gasteiger partial charge in [0.15, 0.2) is 5.96 Å². The average Bonchev–Trinajstić information content (AvgIpc) is 3.15. The summed E-state index contributed by atoms with van der Waals surface area (Å²) in [5.74, 6) is 2.56. The maximum absolute atomic E-state index is 5.77. The van der Waals surface area contributed by atoms with Crippen LogP contribution in [0.3, 0.4) is 0 Å². The molecular weight excluding hydrogens is 495 g/mol. The normalized spacial score (nSPS) is 11.1. The van der Waals surface area contributed by atoms with E-state index in [1.165, 1.54) is 0 Å². The molecule has 0 aliphatic carbocycles. The van der Waals surface area contributed by atoms with E-state index >= 15 is 0 Å². The van der Waals surface area contributed by atoms with Gasteiger partial charge in [-0.2, -0.15) is 0 Å². The van der Waals surface area contributed by atoms with Crippen molar-refractivity contribution in [1.29, 1.82) is 0 Å². The van der Waals surface area contributed by atoms with Crippen LogP contribution in [0.15, 0.2) is 33.8 Å². The highest BCUT2D eigenvalue weighted by molar-refractivity contribution is 14.0. The Kier molecular flexibility index (Phi) is 13.2. The number of guanidine groups is 1. The van der Waals surface area contributed by atoms with Crippen LogP contribution in [-0.2, 0) is 30.7 Å². The first-order valence-electron chi connectivity index (χ1n) is 10.4. The zero-order valence-corrected chi connectivity index (χ0v) is 20.8. The van der Waals surface area contributed by atoms with Crippen LogP contribution in [-0.4, -0.2) is 38.0 Å². The van der Waals surface area contributed by atoms with Crippen molar-refractivity contribution in [2.45, 2.75) is 53.1 Å². The topological polar surface area (TPSA) is 80.9 Å². The third kappa shape index (κ3) is 8.51. The minimum Gasteiger partial charge on any atom is -0.493 e. The van der Waals surface area contributed by atoms with Crippen LogP contribution in [0, 0.1) is 0 Å². The zero-order valence-electron chi connectivity index (χ0n) is 18.5. The first-order valence-corrected chi connectivity index (χ1v) is 10.4. The van der Waals surface area contributed by atoms with Crippen LogP contribution in [0.25, 0.3) is 0 Å². The summed E-state index contributed by atoms with van der Waals surface area (Å²) in [7, 11) is 1.70. The zero-order chi connectivity index (χ0) is 20.9. The number of nitrogens with one attached hydrogen (secondary N) is 2. The van der Waals surface area contributed by atoms with Gasteiger partial charge in [0.1, 0.15) is 11.5 Å². The van der Waals surface area contributed by atoms with Crippen molar-refractivity contribution in [1.82, 2.24) is 15.8 Å². The molecule has 0 radical (unpaired) electrons. The summed E-state index contributed by atoms with van der Waals surface area (Å²) in [6.45, 7) is 9.56. The largest absolute Gasteiger partial charge is 0.493 e. The number of rotatable bonds is 12. The van der Waals surface area contributed by atoms with Gasteiger partial charge in [-0.1, -0.05) is 31.1 Å². The van der Waals surface area contributed by atoms with Gasteiger partial charge in [0.2, 0.25) is 0 Å². The van der Waals surface area contributed by atoms with Crippen LogP contribution in [0.1, 0.15) is 49.8 Å². The number of methoxy groups -OCH3 is 1. The molecule has 1 aromatic heterocycles. The van der Waals surface area contributed by atoms with Crippen LogP contribution in [0.5, 0.6) is 5.75 Å². The summed E-state index contributed by atoms with van der Waals surface area (Å²) >= 11 is 0. The predicted octanol–water partition coefficient (Wildman–Crippen LogP) is 4.09. The molecule has 0 aliphatic rings. The van der Waals surface area contributed by atoms with Crippen molar-refractivity contribution in [3.63, 3.8) is 0 Å². The van der Waals surface area contributed by atoms with Gasteiger partial charge in [0.05, 0.1) is 18.8 Å². The second kappa shape index (κ2) is 15.1. The molecule has 0 saturated carbocycles. The Balaban J connectivity index is 0.00000450. The second-order valence-corrected chi connectivity index (χ2v) is 6.63. The molecule has 30 heavy (non-hydrogen) atoms. The Hall–Kier alpha value is -1.81. The molecule has 7 nitrogen and oxygen atoms in total. The lowest BCUT2D eigenvalue weighted by molar-refractivity contribution is 0.172. The quantitative estimate of drug-likeness (QED) is 0.186. The molecule has 0 saturated heterocycles. The van der Waals surface area contributed by atoms with Gasteiger partial charge in [0, 0.05) is 45.2 Å². The molecule has 0 spiro atoms. The summed E-state index contributed by atoms with van der Waals surface area (Å²) in [6.07, 6.45) is 2.55. The first-order chi connectivity index (χ1) is 14.2. The smallest absolute Gasteiger partial charge is 0.191 e. The van der Waals surface area contributed by atoms with Crippen molar-refractivity contribution in [2.75, 3.05) is 26.9 Å². The number of nitrogens with zero attached hydrogens (tertiary/aromatic N) is 2. The predicted molar refractivity (Wildman–Crippen MR) is 131 cm³/mol. The molecule has 0 bridgehead atoms. The highest BCUT2D eigenvalue weighted by atomic mass is 127. The van der Waals surface area contributed by atoms with E-state index in [4.69, 9.17) is 19.0 Å². The Bertz CT molecular complexity index is 743. The third-order valence-electron chi connectivity index (χ3n) is 4.46. The van der Waals surface area contributed by atoms with E-state index < -0.39 is 0 Å². The maximum Gasteiger partial charge on any atom is 0.191 e. The Morgan fingerprint density at radius 3 is 2.67 bits per heavy atom. The SMILES string of the molecule is CCNC(=NCc1cccc(OCCCOC)c1)NCc1c(CC)noc1CC.I. The summed E-state index contributed by atoms with van der Waals surface area (Å²) < 4.78 is 16.3. The molecule has 0 fully saturated rings. The minimum atomic E-state index is 0. The third-order valence-corrected chi connectivity index (χ3v) is 4.46. The second-order valence-electron chi connectivity index (χ2n) is 6.63. The number of aliphatic imine (C=N–C) groups is 1. The minimum absolute atomic E-state index is 0. The number of ether oxygens (including phenoxy) is 2. The summed E-state index contributed by atoms with van der Waals surface area (Å²) in [6, 6.07) is 8.05. The van der Waals surface area contributed by atoms with Gasteiger partial charge < -0.3 is 24.6 Å². The number of benzene rings is 1. The lowest BCUT2D eigenvalue weighted by Crippen LogP contribution is -2.37. The van der Waals surface area contributed by atoms with Crippen molar-refractivity contribution >= 4 is 29.9 Å². The van der Waals surface area contributed by atoms with Crippen molar-refractivity contribution in [3.8, 4) is 5.75 Å². The summed E-state index contributed by atoms with van der Waals surface area (Å²) in [4.78, 5) is 4.71. The number of aromatic nitrogens is 1. The highest BCUT2D eigenvalue weighted by Gasteiger charge is 2.13. The first kappa shape index (κ1) is 26.2. The van der Waals surface area contributed by atoms with E-state index in [9.17, 15) is 0 Å². The molecule has 2 aromatic rings. The van der Waals surface area contributed by atoms with Gasteiger partial charge >= 0.3 is 0 Å². The van der Waals surface area contributed by atoms with Crippen LogP contribution in [0.2, 0.25) is 0 Å². The van der Waals surface area contributed by atoms with Crippen LogP contribution in [0.4, 0.5) is 0 Å². The molecule has 2 rings (SSSR count). The Morgan fingerprint density at radius 1 is 1.13 bits per heavy atom. The van der Waals surface area contributed by atoms with Gasteiger partial charge in [-0.3, -0.25) is 0 Å². The molecule has 0 amide bonds. The van der Waals surface area contributed by atoms with Gasteiger partial charge in [-0.25, -0.2) is 4.99 Å². The monoisotopic (exact) mass is 530 g/mol. The lowest BCUT2D eigenvalue weighted by atomic mass is 10.1. The molecule has 168 valence electrons. The molecule has 1 aromatic carbocycles. The molecule has 0 atom stereocenters. The average molecular weight is 530 g/mol. The Morgan fingerprint density at radius 2 is 1.97 bits per heavy atom. The van der Waals surface area contributed by atoms with Crippen molar-refractivity contribution in [3.05, 3.63) is 46.8 Å². The van der Waals surface area contributed by atoms with E-state index in [-0.39, 0.29) is 24.0 Å². The highest BCUT2D eigenvalue weighted by Crippen LogP contribution is 2.16. The van der Waals surface area contributed by atoms with Crippen molar-refractivity contribution in [2.24, 2.45) is 4.99 Å². The van der Waals surface area contributed by atoms with Crippen LogP contribution < -0.4 is 15.4 Å². The fourth-order valence-corrected chi connectivity index (χ4v) is 2.95. The summed E-state index contributed by atoms with van der Waals surface area (Å²) in [5.41, 5.74) is 3.23. The fourth-order valence-electron chi connectivity index (χ4n) is 2.95. The number of aryl methyl sites for hydroxylation is 2. The van der Waals surface area contributed by atoms with Gasteiger partial charge in [-0.15, -0.1) is 24.0 Å². The Labute approximate surface area is 197 Å². The molecule has 8 heteroatoms. The van der Waals surface area contributed by atoms with Gasteiger partial charge in [-0.05, 0) is 31.0 Å². The molecule has 2 N–H and O–H groups in total. The lowest BCUT2D eigenvalue weighted by Gasteiger charge is -2.12. The molecule has 0 aliphatic heterocycles. The van der Waals surface area contributed by atoms with E-state index in [2.05, 4.69) is 42.6 Å². The van der Waals surface area contributed by atoms with Gasteiger partial charge in [0.25, 0.3) is 0 Å². The molecule has 0 unspecified atom stereocenters. The van der Waals surface area contributed by atoms with Crippen LogP contribution >= 0.6 is 24.0 Å². The van der Waals surface area contributed by atoms with E-state index in [0.717, 1.165) is 60.1 Å². The molecular formula is C22H35IN4O3. The standard InChI is InChI=1S/C22H34N4O3.HI/c1-5-20-19(21(6-2)29-26-20)16-25-22(23-7-3)24-15-17-10-8-11-18(14-17)28-13-9-12-27-4;/h8,10-11,14H,5-7,9,12-13,15-16H2,1-4H3,(H2,23,24,25);1H. The summed E-state index contributed by atoms with van der Waals surface area (Å²) in [5, 5.41) is 10.9.